The van der Waals surface area contributed by atoms with E-state index in [1.54, 1.807) is 18.5 Å². The minimum Gasteiger partial charge on any atom is -0.300 e. The average molecular weight is 324 g/mol. The lowest BCUT2D eigenvalue weighted by atomic mass is 10.1. The number of hydrogen-bond acceptors (Lipinski definition) is 4. The van der Waals surface area contributed by atoms with E-state index >= 15 is 0 Å². The smallest absolute Gasteiger partial charge is 0.300 e. The third-order valence-corrected chi connectivity index (χ3v) is 4.10. The summed E-state index contributed by atoms with van der Waals surface area (Å²) in [6.45, 7) is 0.426. The van der Waals surface area contributed by atoms with Crippen molar-refractivity contribution in [3.63, 3.8) is 0 Å². The summed E-state index contributed by atoms with van der Waals surface area (Å²) in [6, 6.07) is 0. The Morgan fingerprint density at radius 3 is 2.61 bits per heavy atom. The molecule has 1 amide bonds. The van der Waals surface area contributed by atoms with Gasteiger partial charge in [-0.15, -0.1) is 10.2 Å². The monoisotopic (exact) mass is 324 g/mol. The van der Waals surface area contributed by atoms with Crippen molar-refractivity contribution in [3.05, 3.63) is 22.8 Å². The molecule has 0 bridgehead atoms. The van der Waals surface area contributed by atoms with Crippen molar-refractivity contribution in [1.29, 1.82) is 0 Å². The molecule has 124 valence electrons. The molecule has 2 aromatic heterocycles. The average Bonchev–Trinajstić information content (AvgIpc) is 3.21. The van der Waals surface area contributed by atoms with Crippen molar-refractivity contribution in [1.82, 2.24) is 24.5 Å². The molecule has 3 rings (SSSR count). The standard InChI is InChI=1S/C14H18F2N6O/c1-7-10(8(2)22(20-7)13(15)16)6-11(23)17-14-19-18-12(21(14)3)9-4-5-9/h9,13H,4-6H2,1-3H3,(H,17,19,23). The number of carbonyl (C=O) groups is 1. The van der Waals surface area contributed by atoms with Gasteiger partial charge in [-0.25, -0.2) is 4.68 Å². The van der Waals surface area contributed by atoms with Crippen molar-refractivity contribution in [2.75, 3.05) is 5.32 Å². The molecule has 1 aliphatic rings. The highest BCUT2D eigenvalue weighted by molar-refractivity contribution is 5.91. The first-order chi connectivity index (χ1) is 10.9. The highest BCUT2D eigenvalue weighted by atomic mass is 19.3. The topological polar surface area (TPSA) is 77.6 Å². The first-order valence-electron chi connectivity index (χ1n) is 7.40. The number of nitrogens with zero attached hydrogens (tertiary/aromatic N) is 5. The number of halogens is 2. The molecule has 2 aromatic rings. The Hall–Kier alpha value is -2.32. The largest absolute Gasteiger partial charge is 0.333 e. The number of aromatic nitrogens is 5. The Labute approximate surface area is 131 Å². The Morgan fingerprint density at radius 1 is 1.35 bits per heavy atom. The maximum atomic E-state index is 12.8. The highest BCUT2D eigenvalue weighted by Crippen LogP contribution is 2.39. The minimum atomic E-state index is -2.72. The lowest BCUT2D eigenvalue weighted by Crippen LogP contribution is -2.18. The van der Waals surface area contributed by atoms with E-state index in [0.717, 1.165) is 18.7 Å². The van der Waals surface area contributed by atoms with E-state index in [-0.39, 0.29) is 12.3 Å². The molecule has 0 aliphatic heterocycles. The molecule has 0 aromatic carbocycles. The molecule has 0 saturated heterocycles. The highest BCUT2D eigenvalue weighted by Gasteiger charge is 2.29. The summed E-state index contributed by atoms with van der Waals surface area (Å²) in [6.07, 6.45) is 2.15. The second kappa shape index (κ2) is 5.71. The molecule has 1 saturated carbocycles. The van der Waals surface area contributed by atoms with Gasteiger partial charge in [0.1, 0.15) is 5.82 Å². The van der Waals surface area contributed by atoms with Crippen LogP contribution >= 0.6 is 0 Å². The van der Waals surface area contributed by atoms with E-state index in [1.807, 2.05) is 0 Å². The maximum Gasteiger partial charge on any atom is 0.333 e. The van der Waals surface area contributed by atoms with Crippen LogP contribution in [-0.4, -0.2) is 30.5 Å². The fraction of sp³-hybridized carbons (Fsp3) is 0.571. The first-order valence-corrected chi connectivity index (χ1v) is 7.40. The van der Waals surface area contributed by atoms with Crippen molar-refractivity contribution in [2.24, 2.45) is 7.05 Å². The van der Waals surface area contributed by atoms with Gasteiger partial charge >= 0.3 is 6.55 Å². The summed E-state index contributed by atoms with van der Waals surface area (Å²) in [5.74, 6) is 1.32. The van der Waals surface area contributed by atoms with Crippen LogP contribution in [0.1, 0.15) is 48.1 Å². The molecule has 0 atom stereocenters. The molecule has 1 fully saturated rings. The molecular weight excluding hydrogens is 306 g/mol. The van der Waals surface area contributed by atoms with E-state index in [1.165, 1.54) is 6.92 Å². The summed E-state index contributed by atoms with van der Waals surface area (Å²) < 4.78 is 28.0. The van der Waals surface area contributed by atoms with Crippen molar-refractivity contribution < 1.29 is 13.6 Å². The van der Waals surface area contributed by atoms with E-state index in [2.05, 4.69) is 20.6 Å². The number of rotatable bonds is 5. The van der Waals surface area contributed by atoms with Crippen molar-refractivity contribution in [3.8, 4) is 0 Å². The van der Waals surface area contributed by atoms with E-state index in [0.29, 0.717) is 33.5 Å². The summed E-state index contributed by atoms with van der Waals surface area (Å²) in [7, 11) is 1.80. The van der Waals surface area contributed by atoms with Gasteiger partial charge in [0.2, 0.25) is 11.9 Å². The Kier molecular flexibility index (Phi) is 3.87. The molecule has 7 nitrogen and oxygen atoms in total. The van der Waals surface area contributed by atoms with Gasteiger partial charge in [0, 0.05) is 24.2 Å². The zero-order chi connectivity index (χ0) is 16.7. The van der Waals surface area contributed by atoms with Gasteiger partial charge in [-0.1, -0.05) is 0 Å². The number of hydrogen-bond donors (Lipinski definition) is 1. The summed E-state index contributed by atoms with van der Waals surface area (Å²) in [5.41, 5.74) is 1.23. The van der Waals surface area contributed by atoms with Crippen LogP contribution in [0.2, 0.25) is 0 Å². The van der Waals surface area contributed by atoms with Crippen LogP contribution in [0.4, 0.5) is 14.7 Å². The van der Waals surface area contributed by atoms with Crippen molar-refractivity contribution >= 4 is 11.9 Å². The van der Waals surface area contributed by atoms with Gasteiger partial charge in [-0.05, 0) is 26.7 Å². The molecule has 0 unspecified atom stereocenters. The predicted octanol–water partition coefficient (Wildman–Crippen LogP) is 2.08. The van der Waals surface area contributed by atoms with E-state index in [4.69, 9.17) is 0 Å². The van der Waals surface area contributed by atoms with Gasteiger partial charge in [0.25, 0.3) is 0 Å². The normalized spacial score (nSPS) is 14.5. The molecule has 1 aliphatic carbocycles. The molecule has 9 heteroatoms. The fourth-order valence-corrected chi connectivity index (χ4v) is 2.62. The second-order valence-corrected chi connectivity index (χ2v) is 5.81. The maximum absolute atomic E-state index is 12.8. The number of carbonyl (C=O) groups excluding carboxylic acids is 1. The van der Waals surface area contributed by atoms with Crippen LogP contribution in [0.3, 0.4) is 0 Å². The molecule has 1 N–H and O–H groups in total. The van der Waals surface area contributed by atoms with E-state index in [9.17, 15) is 13.6 Å². The number of nitrogens with one attached hydrogen (secondary N) is 1. The molecular formula is C14H18F2N6O. The van der Waals surface area contributed by atoms with Gasteiger partial charge in [-0.2, -0.15) is 13.9 Å². The fourth-order valence-electron chi connectivity index (χ4n) is 2.62. The third kappa shape index (κ3) is 2.95. The second-order valence-electron chi connectivity index (χ2n) is 5.81. The number of amides is 1. The number of alkyl halides is 2. The molecule has 2 heterocycles. The molecule has 0 spiro atoms. The molecule has 23 heavy (non-hydrogen) atoms. The van der Waals surface area contributed by atoms with Crippen LogP contribution < -0.4 is 5.32 Å². The summed E-state index contributed by atoms with van der Waals surface area (Å²) >= 11 is 0. The lowest BCUT2D eigenvalue weighted by molar-refractivity contribution is -0.115. The Bertz CT molecular complexity index is 747. The predicted molar refractivity (Wildman–Crippen MR) is 78.3 cm³/mol. The number of aryl methyl sites for hydroxylation is 1. The minimum absolute atomic E-state index is 0.0317. The third-order valence-electron chi connectivity index (χ3n) is 4.10. The summed E-state index contributed by atoms with van der Waals surface area (Å²) in [4.78, 5) is 12.2. The summed E-state index contributed by atoms with van der Waals surface area (Å²) in [5, 5.41) is 14.5. The SMILES string of the molecule is Cc1nn(C(F)F)c(C)c1CC(=O)Nc1nnc(C2CC2)n1C. The quantitative estimate of drug-likeness (QED) is 0.913. The van der Waals surface area contributed by atoms with Gasteiger partial charge in [0.15, 0.2) is 0 Å². The van der Waals surface area contributed by atoms with Gasteiger partial charge in [-0.3, -0.25) is 10.1 Å². The zero-order valence-electron chi connectivity index (χ0n) is 13.2. The van der Waals surface area contributed by atoms with Crippen LogP contribution in [-0.2, 0) is 18.3 Å². The van der Waals surface area contributed by atoms with Crippen LogP contribution in [0.5, 0.6) is 0 Å². The van der Waals surface area contributed by atoms with Crippen molar-refractivity contribution in [2.45, 2.75) is 45.6 Å². The Balaban J connectivity index is 1.73. The first kappa shape index (κ1) is 15.6. The van der Waals surface area contributed by atoms with Crippen LogP contribution in [0, 0.1) is 13.8 Å². The number of anilines is 1. The zero-order valence-corrected chi connectivity index (χ0v) is 13.2. The lowest BCUT2D eigenvalue weighted by Gasteiger charge is -2.06. The van der Waals surface area contributed by atoms with Gasteiger partial charge < -0.3 is 4.57 Å². The van der Waals surface area contributed by atoms with Crippen LogP contribution in [0.15, 0.2) is 0 Å². The van der Waals surface area contributed by atoms with E-state index < -0.39 is 6.55 Å². The van der Waals surface area contributed by atoms with Crippen LogP contribution in [0.25, 0.3) is 0 Å². The van der Waals surface area contributed by atoms with Gasteiger partial charge in [0.05, 0.1) is 12.1 Å². The molecule has 0 radical (unpaired) electrons. The Morgan fingerprint density at radius 2 is 2.04 bits per heavy atom.